The van der Waals surface area contributed by atoms with Gasteiger partial charge in [0.05, 0.1) is 5.52 Å². The van der Waals surface area contributed by atoms with E-state index in [1.165, 1.54) is 18.2 Å². The van der Waals surface area contributed by atoms with Gasteiger partial charge >= 0.3 is 0 Å². The monoisotopic (exact) mass is 316 g/mol. The number of rotatable bonds is 4. The molecule has 0 saturated heterocycles. The molecule has 1 N–H and O–H groups in total. The van der Waals surface area contributed by atoms with Crippen LogP contribution in [-0.4, -0.2) is 13.4 Å². The number of hydrogen-bond acceptors (Lipinski definition) is 3. The lowest BCUT2D eigenvalue weighted by atomic mass is 10.2. The third-order valence-corrected chi connectivity index (χ3v) is 4.70. The Bertz CT molecular complexity index is 904. The molecule has 1 aromatic heterocycles. The Labute approximate surface area is 127 Å². The second kappa shape index (κ2) is 5.82. The molecular weight excluding hydrogens is 303 g/mol. The van der Waals surface area contributed by atoms with Gasteiger partial charge in [-0.05, 0) is 29.8 Å². The van der Waals surface area contributed by atoms with Crippen molar-refractivity contribution in [2.75, 3.05) is 0 Å². The van der Waals surface area contributed by atoms with Crippen LogP contribution in [0.2, 0.25) is 0 Å². The van der Waals surface area contributed by atoms with Crippen molar-refractivity contribution in [1.82, 2.24) is 9.71 Å². The maximum absolute atomic E-state index is 12.9. The van der Waals surface area contributed by atoms with Gasteiger partial charge in [-0.1, -0.05) is 30.3 Å². The fourth-order valence-electron chi connectivity index (χ4n) is 2.15. The molecule has 0 atom stereocenters. The number of fused-ring (bicyclic) bond motifs is 1. The number of pyridine rings is 1. The lowest BCUT2D eigenvalue weighted by Gasteiger charge is -2.09. The Morgan fingerprint density at radius 1 is 1.00 bits per heavy atom. The molecule has 0 spiro atoms. The number of benzene rings is 2. The van der Waals surface area contributed by atoms with Crippen LogP contribution >= 0.6 is 0 Å². The molecule has 0 fully saturated rings. The third-order valence-electron chi connectivity index (χ3n) is 3.26. The van der Waals surface area contributed by atoms with Crippen molar-refractivity contribution in [3.63, 3.8) is 0 Å². The summed E-state index contributed by atoms with van der Waals surface area (Å²) in [6.45, 7) is 0.0891. The first-order valence-electron chi connectivity index (χ1n) is 6.64. The Hall–Kier alpha value is -2.31. The van der Waals surface area contributed by atoms with Gasteiger partial charge in [0, 0.05) is 18.1 Å². The molecule has 0 bridgehead atoms. The van der Waals surface area contributed by atoms with E-state index in [0.717, 1.165) is 5.39 Å². The second-order valence-corrected chi connectivity index (χ2v) is 6.52. The Balaban J connectivity index is 1.90. The smallest absolute Gasteiger partial charge is 0.243 e. The molecule has 4 nitrogen and oxygen atoms in total. The number of hydrogen-bond donors (Lipinski definition) is 1. The summed E-state index contributed by atoms with van der Waals surface area (Å²) in [4.78, 5) is 4.28. The highest BCUT2D eigenvalue weighted by atomic mass is 32.2. The molecule has 2 aromatic carbocycles. The van der Waals surface area contributed by atoms with Crippen LogP contribution < -0.4 is 4.72 Å². The van der Waals surface area contributed by atoms with E-state index in [1.807, 2.05) is 0 Å². The molecule has 22 heavy (non-hydrogen) atoms. The number of aromatic nitrogens is 1. The fourth-order valence-corrected chi connectivity index (χ4v) is 3.35. The number of nitrogens with one attached hydrogen (secondary N) is 1. The number of para-hydroxylation sites is 1. The molecule has 0 amide bonds. The summed E-state index contributed by atoms with van der Waals surface area (Å²) in [5.74, 6) is -0.357. The van der Waals surface area contributed by atoms with Crippen LogP contribution in [0.15, 0.2) is 65.7 Å². The third kappa shape index (κ3) is 2.98. The van der Waals surface area contributed by atoms with Crippen LogP contribution in [0.1, 0.15) is 5.56 Å². The van der Waals surface area contributed by atoms with Crippen molar-refractivity contribution in [2.45, 2.75) is 11.4 Å². The molecule has 1 heterocycles. The van der Waals surface area contributed by atoms with Gasteiger partial charge in [-0.3, -0.25) is 4.98 Å². The maximum Gasteiger partial charge on any atom is 0.243 e. The summed E-state index contributed by atoms with van der Waals surface area (Å²) in [7, 11) is -3.70. The first-order chi connectivity index (χ1) is 10.6. The fraction of sp³-hybridized carbons (Fsp3) is 0.0625. The van der Waals surface area contributed by atoms with E-state index in [-0.39, 0.29) is 17.3 Å². The van der Waals surface area contributed by atoms with Crippen molar-refractivity contribution in [1.29, 1.82) is 0 Å². The summed E-state index contributed by atoms with van der Waals surface area (Å²) < 4.78 is 40.3. The molecule has 0 radical (unpaired) electrons. The first-order valence-corrected chi connectivity index (χ1v) is 8.12. The zero-order chi connectivity index (χ0) is 15.6. The molecule has 3 rings (SSSR count). The minimum absolute atomic E-state index is 0.0891. The van der Waals surface area contributed by atoms with Gasteiger partial charge in [0.15, 0.2) is 0 Å². The lowest BCUT2D eigenvalue weighted by Crippen LogP contribution is -2.23. The standard InChI is InChI=1S/C16H13FN2O2S/c17-14-8-6-12(7-9-14)11-19-22(20,21)15-5-1-3-13-4-2-10-18-16(13)15/h1-10,19H,11H2. The zero-order valence-electron chi connectivity index (χ0n) is 11.5. The van der Waals surface area contributed by atoms with E-state index < -0.39 is 10.0 Å². The van der Waals surface area contributed by atoms with Gasteiger partial charge in [-0.2, -0.15) is 0 Å². The molecule has 0 aliphatic carbocycles. The van der Waals surface area contributed by atoms with E-state index in [1.54, 1.807) is 42.6 Å². The van der Waals surface area contributed by atoms with Crippen molar-refractivity contribution in [3.05, 3.63) is 72.2 Å². The zero-order valence-corrected chi connectivity index (χ0v) is 12.3. The normalized spacial score (nSPS) is 11.7. The van der Waals surface area contributed by atoms with E-state index in [9.17, 15) is 12.8 Å². The minimum Gasteiger partial charge on any atom is -0.255 e. The predicted molar refractivity (Wildman–Crippen MR) is 82.2 cm³/mol. The van der Waals surface area contributed by atoms with Gasteiger partial charge in [0.1, 0.15) is 10.7 Å². The van der Waals surface area contributed by atoms with Gasteiger partial charge in [0.2, 0.25) is 10.0 Å². The van der Waals surface area contributed by atoms with Crippen LogP contribution in [0.4, 0.5) is 4.39 Å². The van der Waals surface area contributed by atoms with Crippen LogP contribution in [0.25, 0.3) is 10.9 Å². The van der Waals surface area contributed by atoms with Crippen LogP contribution in [0, 0.1) is 5.82 Å². The molecule has 0 aliphatic rings. The summed E-state index contributed by atoms with van der Waals surface area (Å²) in [6, 6.07) is 14.2. The first kappa shape index (κ1) is 14.6. The van der Waals surface area contributed by atoms with E-state index >= 15 is 0 Å². The van der Waals surface area contributed by atoms with Crippen molar-refractivity contribution >= 4 is 20.9 Å². The van der Waals surface area contributed by atoms with Crippen LogP contribution in [0.3, 0.4) is 0 Å². The second-order valence-electron chi connectivity index (χ2n) is 4.78. The van der Waals surface area contributed by atoms with E-state index in [4.69, 9.17) is 0 Å². The highest BCUT2D eigenvalue weighted by molar-refractivity contribution is 7.89. The highest BCUT2D eigenvalue weighted by Crippen LogP contribution is 2.20. The maximum atomic E-state index is 12.9. The van der Waals surface area contributed by atoms with Crippen molar-refractivity contribution < 1.29 is 12.8 Å². The quantitative estimate of drug-likeness (QED) is 0.805. The highest BCUT2D eigenvalue weighted by Gasteiger charge is 2.17. The molecule has 0 unspecified atom stereocenters. The minimum atomic E-state index is -3.70. The average molecular weight is 316 g/mol. The molecule has 6 heteroatoms. The van der Waals surface area contributed by atoms with Gasteiger partial charge in [0.25, 0.3) is 0 Å². The Kier molecular flexibility index (Phi) is 3.87. The Morgan fingerprint density at radius 2 is 1.73 bits per heavy atom. The largest absolute Gasteiger partial charge is 0.255 e. The summed E-state index contributed by atoms with van der Waals surface area (Å²) in [5.41, 5.74) is 1.11. The van der Waals surface area contributed by atoms with Gasteiger partial charge in [-0.15, -0.1) is 0 Å². The van der Waals surface area contributed by atoms with Crippen LogP contribution in [0.5, 0.6) is 0 Å². The van der Waals surface area contributed by atoms with Crippen molar-refractivity contribution in [3.8, 4) is 0 Å². The number of sulfonamides is 1. The predicted octanol–water partition coefficient (Wildman–Crippen LogP) is 2.85. The molecule has 112 valence electrons. The average Bonchev–Trinajstić information content (AvgIpc) is 2.54. The molecular formula is C16H13FN2O2S. The topological polar surface area (TPSA) is 59.1 Å². The van der Waals surface area contributed by atoms with Gasteiger partial charge < -0.3 is 0 Å². The summed E-state index contributed by atoms with van der Waals surface area (Å²) >= 11 is 0. The SMILES string of the molecule is O=S(=O)(NCc1ccc(F)cc1)c1cccc2cccnc12. The van der Waals surface area contributed by atoms with E-state index in [0.29, 0.717) is 11.1 Å². The van der Waals surface area contributed by atoms with E-state index in [2.05, 4.69) is 9.71 Å². The lowest BCUT2D eigenvalue weighted by molar-refractivity contribution is 0.582. The summed E-state index contributed by atoms with van der Waals surface area (Å²) in [5, 5.41) is 0.757. The van der Waals surface area contributed by atoms with Crippen molar-refractivity contribution in [2.24, 2.45) is 0 Å². The molecule has 0 saturated carbocycles. The Morgan fingerprint density at radius 3 is 2.50 bits per heavy atom. The molecule has 3 aromatic rings. The van der Waals surface area contributed by atoms with Crippen LogP contribution in [-0.2, 0) is 16.6 Å². The molecule has 0 aliphatic heterocycles. The number of halogens is 1. The van der Waals surface area contributed by atoms with Gasteiger partial charge in [-0.25, -0.2) is 17.5 Å². The summed E-state index contributed by atoms with van der Waals surface area (Å²) in [6.07, 6.45) is 1.56. The number of nitrogens with zero attached hydrogens (tertiary/aromatic N) is 1.